The number of benzene rings is 1. The van der Waals surface area contributed by atoms with Gasteiger partial charge in [0, 0.05) is 19.6 Å². The van der Waals surface area contributed by atoms with Crippen molar-refractivity contribution in [3.8, 4) is 5.75 Å². The number of hydrogen-bond donors (Lipinski definition) is 1. The highest BCUT2D eigenvalue weighted by atomic mass is 32.2. The van der Waals surface area contributed by atoms with Crippen LogP contribution in [0.25, 0.3) is 0 Å². The summed E-state index contributed by atoms with van der Waals surface area (Å²) in [5, 5.41) is 3.96. The van der Waals surface area contributed by atoms with Crippen LogP contribution in [0.4, 0.5) is 0 Å². The van der Waals surface area contributed by atoms with Gasteiger partial charge < -0.3 is 4.74 Å². The minimum Gasteiger partial charge on any atom is -0.497 e. The highest BCUT2D eigenvalue weighted by molar-refractivity contribution is 7.87. The van der Waals surface area contributed by atoms with E-state index in [1.807, 2.05) is 24.3 Å². The minimum absolute atomic E-state index is 0.253. The Kier molecular flexibility index (Phi) is 5.69. The van der Waals surface area contributed by atoms with E-state index in [9.17, 15) is 8.42 Å². The zero-order valence-electron chi connectivity index (χ0n) is 13.4. The molecule has 1 unspecified atom stereocenters. The van der Waals surface area contributed by atoms with Crippen molar-refractivity contribution in [3.63, 3.8) is 0 Å². The zero-order valence-corrected chi connectivity index (χ0v) is 14.2. The molecule has 126 valence electrons. The van der Waals surface area contributed by atoms with Gasteiger partial charge in [-0.25, -0.2) is 4.98 Å². The molecule has 1 aromatic heterocycles. The van der Waals surface area contributed by atoms with E-state index in [0.29, 0.717) is 12.3 Å². The van der Waals surface area contributed by atoms with E-state index in [2.05, 4.69) is 14.8 Å². The molecule has 0 radical (unpaired) electrons. The lowest BCUT2D eigenvalue weighted by molar-refractivity contribution is 0.410. The molecular weight excluding hydrogens is 318 g/mol. The molecule has 2 aromatic rings. The van der Waals surface area contributed by atoms with Gasteiger partial charge in [-0.05, 0) is 24.6 Å². The van der Waals surface area contributed by atoms with Crippen LogP contribution in [0.2, 0.25) is 0 Å². The highest BCUT2D eigenvalue weighted by Gasteiger charge is 2.20. The Labute approximate surface area is 136 Å². The van der Waals surface area contributed by atoms with Crippen LogP contribution in [0, 0.1) is 0 Å². The van der Waals surface area contributed by atoms with Crippen LogP contribution in [0.1, 0.15) is 12.5 Å². The Bertz CT molecular complexity index is 718. The molecule has 0 spiro atoms. The van der Waals surface area contributed by atoms with E-state index < -0.39 is 10.2 Å². The average molecular weight is 339 g/mol. The predicted molar refractivity (Wildman–Crippen MR) is 86.0 cm³/mol. The van der Waals surface area contributed by atoms with Gasteiger partial charge in [0.1, 0.15) is 18.4 Å². The lowest BCUT2D eigenvalue weighted by atomic mass is 10.2. The van der Waals surface area contributed by atoms with Crippen molar-refractivity contribution in [1.82, 2.24) is 23.8 Å². The van der Waals surface area contributed by atoms with Crippen molar-refractivity contribution < 1.29 is 13.2 Å². The summed E-state index contributed by atoms with van der Waals surface area (Å²) in [6.45, 7) is 2.44. The summed E-state index contributed by atoms with van der Waals surface area (Å²) in [6, 6.07) is 7.00. The molecule has 1 atom stereocenters. The topological polar surface area (TPSA) is 89.4 Å². The van der Waals surface area contributed by atoms with Crippen LogP contribution in [0.15, 0.2) is 36.9 Å². The van der Waals surface area contributed by atoms with Gasteiger partial charge in [0.05, 0.1) is 13.7 Å². The number of nitrogens with zero attached hydrogens (tertiary/aromatic N) is 4. The first kappa shape index (κ1) is 17.4. The van der Waals surface area contributed by atoms with Crippen molar-refractivity contribution in [1.29, 1.82) is 0 Å². The molecule has 0 aliphatic carbocycles. The first-order chi connectivity index (χ1) is 10.9. The summed E-state index contributed by atoms with van der Waals surface area (Å²) < 4.78 is 35.3. The number of ether oxygens (including phenoxy) is 1. The van der Waals surface area contributed by atoms with E-state index in [-0.39, 0.29) is 12.6 Å². The third-order valence-electron chi connectivity index (χ3n) is 3.23. The van der Waals surface area contributed by atoms with Crippen LogP contribution < -0.4 is 9.46 Å². The fourth-order valence-corrected chi connectivity index (χ4v) is 3.18. The van der Waals surface area contributed by atoms with Gasteiger partial charge in [-0.3, -0.25) is 4.68 Å². The monoisotopic (exact) mass is 339 g/mol. The van der Waals surface area contributed by atoms with Gasteiger partial charge in [0.15, 0.2) is 0 Å². The van der Waals surface area contributed by atoms with Crippen LogP contribution in [-0.4, -0.2) is 47.7 Å². The van der Waals surface area contributed by atoms with Crippen molar-refractivity contribution in [2.75, 3.05) is 14.2 Å². The van der Waals surface area contributed by atoms with Crippen molar-refractivity contribution >= 4 is 10.2 Å². The summed E-state index contributed by atoms with van der Waals surface area (Å²) >= 11 is 0. The smallest absolute Gasteiger partial charge is 0.279 e. The zero-order chi connectivity index (χ0) is 16.9. The van der Waals surface area contributed by atoms with Gasteiger partial charge in [-0.2, -0.15) is 22.5 Å². The molecule has 0 fully saturated rings. The maximum atomic E-state index is 12.4. The lowest BCUT2D eigenvalue weighted by Gasteiger charge is -2.21. The SMILES string of the molecule is COc1cccc(CN(C)S(=O)(=O)NC(C)Cn2cncn2)c1. The molecule has 0 saturated carbocycles. The first-order valence-electron chi connectivity index (χ1n) is 7.09. The van der Waals surface area contributed by atoms with Gasteiger partial charge in [0.2, 0.25) is 0 Å². The van der Waals surface area contributed by atoms with E-state index in [1.54, 1.807) is 25.0 Å². The maximum Gasteiger partial charge on any atom is 0.279 e. The maximum absolute atomic E-state index is 12.4. The second kappa shape index (κ2) is 7.53. The van der Waals surface area contributed by atoms with Gasteiger partial charge in [-0.15, -0.1) is 0 Å². The van der Waals surface area contributed by atoms with E-state index in [1.165, 1.54) is 17.7 Å². The number of nitrogens with one attached hydrogen (secondary N) is 1. The van der Waals surface area contributed by atoms with Crippen LogP contribution in [0.5, 0.6) is 5.75 Å². The second-order valence-corrected chi connectivity index (χ2v) is 7.06. The molecular formula is C14H21N5O3S. The largest absolute Gasteiger partial charge is 0.497 e. The fourth-order valence-electron chi connectivity index (χ4n) is 2.10. The van der Waals surface area contributed by atoms with Gasteiger partial charge in [0.25, 0.3) is 10.2 Å². The summed E-state index contributed by atoms with van der Waals surface area (Å²) in [5.41, 5.74) is 0.848. The van der Waals surface area contributed by atoms with Gasteiger partial charge in [-0.1, -0.05) is 12.1 Å². The summed E-state index contributed by atoms with van der Waals surface area (Å²) in [6.07, 6.45) is 2.96. The Morgan fingerprint density at radius 3 is 2.87 bits per heavy atom. The number of rotatable bonds is 8. The molecule has 0 amide bonds. The molecule has 9 heteroatoms. The molecule has 0 bridgehead atoms. The minimum atomic E-state index is -3.60. The molecule has 1 aromatic carbocycles. The van der Waals surface area contributed by atoms with Crippen LogP contribution in [0.3, 0.4) is 0 Å². The molecule has 0 aliphatic rings. The molecule has 23 heavy (non-hydrogen) atoms. The third kappa shape index (κ3) is 5.02. The Morgan fingerprint density at radius 2 is 2.22 bits per heavy atom. The third-order valence-corrected chi connectivity index (χ3v) is 4.88. The average Bonchev–Trinajstić information content (AvgIpc) is 2.99. The highest BCUT2D eigenvalue weighted by Crippen LogP contribution is 2.14. The Morgan fingerprint density at radius 1 is 1.43 bits per heavy atom. The number of methoxy groups -OCH3 is 1. The Balaban J connectivity index is 1.97. The predicted octanol–water partition coefficient (Wildman–Crippen LogP) is 0.642. The second-order valence-electron chi connectivity index (χ2n) is 5.25. The van der Waals surface area contributed by atoms with Crippen molar-refractivity contribution in [3.05, 3.63) is 42.5 Å². The van der Waals surface area contributed by atoms with Crippen LogP contribution >= 0.6 is 0 Å². The molecule has 0 aliphatic heterocycles. The van der Waals surface area contributed by atoms with Gasteiger partial charge >= 0.3 is 0 Å². The quantitative estimate of drug-likeness (QED) is 0.762. The molecule has 0 saturated heterocycles. The summed E-state index contributed by atoms with van der Waals surface area (Å²) in [4.78, 5) is 3.83. The molecule has 1 heterocycles. The molecule has 1 N–H and O–H groups in total. The number of aromatic nitrogens is 3. The normalized spacial score (nSPS) is 13.2. The van der Waals surface area contributed by atoms with E-state index in [0.717, 1.165) is 5.56 Å². The molecule has 8 nitrogen and oxygen atoms in total. The summed E-state index contributed by atoms with van der Waals surface area (Å²) in [5.74, 6) is 0.695. The molecule has 2 rings (SSSR count). The number of hydrogen-bond acceptors (Lipinski definition) is 5. The lowest BCUT2D eigenvalue weighted by Crippen LogP contribution is -2.43. The van der Waals surface area contributed by atoms with Crippen molar-refractivity contribution in [2.24, 2.45) is 0 Å². The van der Waals surface area contributed by atoms with E-state index >= 15 is 0 Å². The fraction of sp³-hybridized carbons (Fsp3) is 0.429. The Hall–Kier alpha value is -1.97. The first-order valence-corrected chi connectivity index (χ1v) is 8.53. The van der Waals surface area contributed by atoms with E-state index in [4.69, 9.17) is 4.74 Å². The standard InChI is InChI=1S/C14H21N5O3S/c1-12(8-19-11-15-10-16-19)17-23(20,21)18(2)9-13-5-4-6-14(7-13)22-3/h4-7,10-12,17H,8-9H2,1-3H3. The van der Waals surface area contributed by atoms with Crippen molar-refractivity contribution in [2.45, 2.75) is 26.1 Å². The summed E-state index contributed by atoms with van der Waals surface area (Å²) in [7, 11) is -0.491. The van der Waals surface area contributed by atoms with Crippen LogP contribution in [-0.2, 0) is 23.3 Å².